The van der Waals surface area contributed by atoms with E-state index in [9.17, 15) is 14.4 Å². The van der Waals surface area contributed by atoms with Gasteiger partial charge in [-0.25, -0.2) is 9.78 Å². The molecule has 0 aliphatic carbocycles. The van der Waals surface area contributed by atoms with Gasteiger partial charge < -0.3 is 26.3 Å². The van der Waals surface area contributed by atoms with Crippen LogP contribution in [0, 0.1) is 0 Å². The van der Waals surface area contributed by atoms with Crippen LogP contribution in [0.1, 0.15) is 22.8 Å². The van der Waals surface area contributed by atoms with Crippen molar-refractivity contribution >= 4 is 34.5 Å². The van der Waals surface area contributed by atoms with Crippen LogP contribution >= 0.6 is 0 Å². The van der Waals surface area contributed by atoms with Crippen molar-refractivity contribution in [2.24, 2.45) is 0 Å². The maximum absolute atomic E-state index is 12.9. The van der Waals surface area contributed by atoms with Crippen LogP contribution in [-0.4, -0.2) is 40.1 Å². The molecule has 0 aliphatic rings. The zero-order valence-electron chi connectivity index (χ0n) is 20.0. The molecule has 0 saturated heterocycles. The van der Waals surface area contributed by atoms with Crippen molar-refractivity contribution < 1.29 is 9.59 Å². The smallest absolute Gasteiger partial charge is 0.319 e. The number of aromatic nitrogens is 3. The lowest BCUT2D eigenvalue weighted by molar-refractivity contribution is 0.0962. The van der Waals surface area contributed by atoms with E-state index in [1.54, 1.807) is 41.2 Å². The van der Waals surface area contributed by atoms with Crippen LogP contribution in [0.4, 0.5) is 16.3 Å². The second-order valence-electron chi connectivity index (χ2n) is 8.05. The van der Waals surface area contributed by atoms with Crippen molar-refractivity contribution in [3.8, 4) is 11.3 Å². The molecule has 184 valence electrons. The van der Waals surface area contributed by atoms with E-state index in [2.05, 4.69) is 25.9 Å². The molecule has 3 aromatic heterocycles. The summed E-state index contributed by atoms with van der Waals surface area (Å²) in [6.07, 6.45) is 4.17. The number of aryl methyl sites for hydroxylation is 1. The minimum Gasteiger partial charge on any atom is -0.384 e. The molecule has 36 heavy (non-hydrogen) atoms. The highest BCUT2D eigenvalue weighted by Gasteiger charge is 2.20. The Morgan fingerprint density at radius 1 is 1.08 bits per heavy atom. The first-order valence-corrected chi connectivity index (χ1v) is 11.5. The molecule has 3 amide bonds. The van der Waals surface area contributed by atoms with Gasteiger partial charge in [0.2, 0.25) is 5.43 Å². The second kappa shape index (κ2) is 10.7. The average molecular weight is 486 g/mol. The van der Waals surface area contributed by atoms with Crippen LogP contribution in [0.15, 0.2) is 65.7 Å². The molecular formula is C26H27N7O3. The Morgan fingerprint density at radius 3 is 2.53 bits per heavy atom. The standard InChI is InChI=1S/C26H27N7O3/c1-3-33-23(27)21(25(35)28-2)22(34)19-10-11-20(32-24(19)33)17-6-8-18(9-7-17)31-26(36)30-14-12-16-5-4-13-29-15-16/h4-11,13,15H,3,12,14,27H2,1-2H3,(H,28,35)(H2,30,31,36). The van der Waals surface area contributed by atoms with E-state index < -0.39 is 11.3 Å². The van der Waals surface area contributed by atoms with Crippen LogP contribution in [0.3, 0.4) is 0 Å². The van der Waals surface area contributed by atoms with Crippen LogP contribution in [0.25, 0.3) is 22.3 Å². The van der Waals surface area contributed by atoms with E-state index in [0.717, 1.165) is 11.1 Å². The van der Waals surface area contributed by atoms with Gasteiger partial charge >= 0.3 is 6.03 Å². The minimum atomic E-state index is -0.533. The van der Waals surface area contributed by atoms with Gasteiger partial charge in [0, 0.05) is 43.8 Å². The van der Waals surface area contributed by atoms with Crippen LogP contribution in [0.2, 0.25) is 0 Å². The molecule has 0 spiro atoms. The number of carbonyl (C=O) groups is 2. The first-order valence-electron chi connectivity index (χ1n) is 11.5. The summed E-state index contributed by atoms with van der Waals surface area (Å²) >= 11 is 0. The van der Waals surface area contributed by atoms with Gasteiger partial charge in [0.1, 0.15) is 17.0 Å². The summed E-state index contributed by atoms with van der Waals surface area (Å²) in [6, 6.07) is 14.1. The van der Waals surface area contributed by atoms with Gasteiger partial charge in [0.15, 0.2) is 0 Å². The Labute approximate surface area is 207 Å². The van der Waals surface area contributed by atoms with E-state index >= 15 is 0 Å². The van der Waals surface area contributed by atoms with Gasteiger partial charge in [0.05, 0.1) is 11.1 Å². The van der Waals surface area contributed by atoms with Crippen molar-refractivity contribution in [3.63, 3.8) is 0 Å². The van der Waals surface area contributed by atoms with Crippen LogP contribution in [-0.2, 0) is 13.0 Å². The van der Waals surface area contributed by atoms with E-state index in [-0.39, 0.29) is 17.4 Å². The lowest BCUT2D eigenvalue weighted by Gasteiger charge is -2.15. The first kappa shape index (κ1) is 24.4. The van der Waals surface area contributed by atoms with Crippen molar-refractivity contribution in [3.05, 3.63) is 82.3 Å². The number of pyridine rings is 3. The SMILES string of the molecule is CCn1c(N)c(C(=O)NC)c(=O)c2ccc(-c3ccc(NC(=O)NCCc4cccnc4)cc3)nc21. The predicted molar refractivity (Wildman–Crippen MR) is 140 cm³/mol. The number of anilines is 2. The number of carbonyl (C=O) groups excluding carboxylic acids is 2. The number of nitrogens with one attached hydrogen (secondary N) is 3. The molecule has 1 aromatic carbocycles. The lowest BCUT2D eigenvalue weighted by atomic mass is 10.1. The topological polar surface area (TPSA) is 144 Å². The van der Waals surface area contributed by atoms with Crippen LogP contribution < -0.4 is 27.1 Å². The number of nitrogens with zero attached hydrogens (tertiary/aromatic N) is 3. The molecule has 3 heterocycles. The highest BCUT2D eigenvalue weighted by atomic mass is 16.2. The summed E-state index contributed by atoms with van der Waals surface area (Å²) in [5.74, 6) is -0.456. The highest BCUT2D eigenvalue weighted by molar-refractivity contribution is 6.01. The van der Waals surface area contributed by atoms with Crippen LogP contribution in [0.5, 0.6) is 0 Å². The quantitative estimate of drug-likeness (QED) is 0.317. The number of benzene rings is 1. The molecule has 10 heteroatoms. The lowest BCUT2D eigenvalue weighted by Crippen LogP contribution is -2.30. The summed E-state index contributed by atoms with van der Waals surface area (Å²) in [6.45, 7) is 2.78. The monoisotopic (exact) mass is 485 g/mol. The zero-order valence-corrected chi connectivity index (χ0v) is 20.0. The predicted octanol–water partition coefficient (Wildman–Crippen LogP) is 2.78. The number of amides is 3. The fourth-order valence-corrected chi connectivity index (χ4v) is 3.92. The Kier molecular flexibility index (Phi) is 7.24. The molecular weight excluding hydrogens is 458 g/mol. The number of nitrogens with two attached hydrogens (primary N) is 1. The first-order chi connectivity index (χ1) is 17.4. The highest BCUT2D eigenvalue weighted by Crippen LogP contribution is 2.24. The Balaban J connectivity index is 1.51. The minimum absolute atomic E-state index is 0.0769. The molecule has 0 aliphatic heterocycles. The number of hydrogen-bond acceptors (Lipinski definition) is 6. The van der Waals surface area contributed by atoms with Gasteiger partial charge in [0.25, 0.3) is 5.91 Å². The van der Waals surface area contributed by atoms with Crippen molar-refractivity contribution in [2.45, 2.75) is 19.9 Å². The van der Waals surface area contributed by atoms with Crippen molar-refractivity contribution in [2.75, 3.05) is 24.6 Å². The summed E-state index contributed by atoms with van der Waals surface area (Å²) in [7, 11) is 1.45. The molecule has 0 atom stereocenters. The zero-order chi connectivity index (χ0) is 25.7. The number of nitrogen functional groups attached to an aromatic ring is 1. The average Bonchev–Trinajstić information content (AvgIpc) is 2.89. The summed E-state index contributed by atoms with van der Waals surface area (Å²) in [4.78, 5) is 46.1. The summed E-state index contributed by atoms with van der Waals surface area (Å²) < 4.78 is 1.65. The van der Waals surface area contributed by atoms with Gasteiger partial charge in [-0.15, -0.1) is 0 Å². The van der Waals surface area contributed by atoms with E-state index in [1.165, 1.54) is 7.05 Å². The molecule has 0 fully saturated rings. The molecule has 10 nitrogen and oxygen atoms in total. The number of urea groups is 1. The van der Waals surface area contributed by atoms with E-state index in [1.807, 2.05) is 31.2 Å². The number of rotatable bonds is 7. The fourth-order valence-electron chi connectivity index (χ4n) is 3.92. The van der Waals surface area contributed by atoms with Gasteiger partial charge in [-0.2, -0.15) is 0 Å². The Morgan fingerprint density at radius 2 is 1.86 bits per heavy atom. The third-order valence-electron chi connectivity index (χ3n) is 5.78. The molecule has 0 radical (unpaired) electrons. The summed E-state index contributed by atoms with van der Waals surface area (Å²) in [5.41, 5.74) is 9.13. The Bertz CT molecular complexity index is 1470. The normalized spacial score (nSPS) is 10.7. The third-order valence-corrected chi connectivity index (χ3v) is 5.78. The maximum Gasteiger partial charge on any atom is 0.319 e. The second-order valence-corrected chi connectivity index (χ2v) is 8.05. The number of fused-ring (bicyclic) bond motifs is 1. The maximum atomic E-state index is 12.9. The molecule has 4 rings (SSSR count). The largest absolute Gasteiger partial charge is 0.384 e. The molecule has 0 saturated carbocycles. The van der Waals surface area contributed by atoms with Gasteiger partial charge in [-0.05, 0) is 49.2 Å². The van der Waals surface area contributed by atoms with Crippen molar-refractivity contribution in [1.82, 2.24) is 25.2 Å². The summed E-state index contributed by atoms with van der Waals surface area (Å²) in [5, 5.41) is 8.41. The van der Waals surface area contributed by atoms with Gasteiger partial charge in [-0.1, -0.05) is 18.2 Å². The Hall–Kier alpha value is -4.73. The number of hydrogen-bond donors (Lipinski definition) is 4. The van der Waals surface area contributed by atoms with E-state index in [4.69, 9.17) is 5.73 Å². The van der Waals surface area contributed by atoms with Crippen molar-refractivity contribution in [1.29, 1.82) is 0 Å². The molecule has 5 N–H and O–H groups in total. The third kappa shape index (κ3) is 5.02. The molecule has 0 unspecified atom stereocenters. The molecule has 4 aromatic rings. The van der Waals surface area contributed by atoms with Gasteiger partial charge in [-0.3, -0.25) is 14.6 Å². The van der Waals surface area contributed by atoms with E-state index in [0.29, 0.717) is 41.9 Å². The molecule has 0 bridgehead atoms. The fraction of sp³-hybridized carbons (Fsp3) is 0.192.